The van der Waals surface area contributed by atoms with Gasteiger partial charge in [0.1, 0.15) is 11.6 Å². The third kappa shape index (κ3) is 6.25. The van der Waals surface area contributed by atoms with E-state index in [1.807, 2.05) is 66.7 Å². The third-order valence-electron chi connectivity index (χ3n) is 12.0. The van der Waals surface area contributed by atoms with Crippen LogP contribution in [-0.2, 0) is 25.4 Å². The number of sulfone groups is 1. The van der Waals surface area contributed by atoms with Gasteiger partial charge >= 0.3 is 0 Å². The van der Waals surface area contributed by atoms with Gasteiger partial charge < -0.3 is 0 Å². The van der Waals surface area contributed by atoms with Crippen LogP contribution in [0.1, 0.15) is 66.9 Å². The van der Waals surface area contributed by atoms with Gasteiger partial charge in [0.05, 0.1) is 32.1 Å². The smallest absolute Gasteiger partial charge is 0.291 e. The van der Waals surface area contributed by atoms with Gasteiger partial charge in [0, 0.05) is 58.3 Å². The predicted molar refractivity (Wildman–Crippen MR) is 236 cm³/mol. The second kappa shape index (κ2) is 13.9. The molecule has 0 fully saturated rings. The summed E-state index contributed by atoms with van der Waals surface area (Å²) >= 11 is 0. The first-order valence-corrected chi connectivity index (χ1v) is 23.0. The summed E-state index contributed by atoms with van der Waals surface area (Å²) in [6, 6.07) is 32.5. The van der Waals surface area contributed by atoms with Gasteiger partial charge in [-0.1, -0.05) is 105 Å². The Balaban J connectivity index is 1.24. The van der Waals surface area contributed by atoms with E-state index >= 15 is 0 Å². The number of benzene rings is 4. The van der Waals surface area contributed by atoms with Crippen LogP contribution in [0.25, 0.3) is 55.6 Å². The normalized spacial score (nSPS) is 18.5. The van der Waals surface area contributed by atoms with Crippen LogP contribution in [0.2, 0.25) is 0 Å². The summed E-state index contributed by atoms with van der Waals surface area (Å²) in [6.45, 7) is 4.50. The quantitative estimate of drug-likeness (QED) is 0.155. The minimum Gasteiger partial charge on any atom is -0.294 e. The molecule has 60 heavy (non-hydrogen) atoms. The second-order valence-electron chi connectivity index (χ2n) is 16.1. The molecule has 7 aromatic rings. The van der Waals surface area contributed by atoms with Crippen molar-refractivity contribution in [3.8, 4) is 28.2 Å². The molecule has 0 bridgehead atoms. The summed E-state index contributed by atoms with van der Waals surface area (Å²) in [5, 5.41) is 1.82. The van der Waals surface area contributed by atoms with E-state index in [0.717, 1.165) is 56.9 Å². The molecule has 0 saturated carbocycles. The van der Waals surface area contributed by atoms with E-state index in [2.05, 4.69) is 76.9 Å². The lowest BCUT2D eigenvalue weighted by Gasteiger charge is -2.25. The topological polar surface area (TPSA) is 145 Å². The summed E-state index contributed by atoms with van der Waals surface area (Å²) in [7, 11) is -8.92. The maximum atomic E-state index is 13.4. The van der Waals surface area contributed by atoms with Crippen LogP contribution in [0.4, 0.5) is 0 Å². The molecule has 298 valence electrons. The van der Waals surface area contributed by atoms with Gasteiger partial charge in [0.15, 0.2) is 15.7 Å². The lowest BCUT2D eigenvalue weighted by Crippen LogP contribution is -2.19. The Morgan fingerprint density at radius 2 is 1.50 bits per heavy atom. The van der Waals surface area contributed by atoms with Crippen molar-refractivity contribution in [2.45, 2.75) is 43.9 Å². The summed E-state index contributed by atoms with van der Waals surface area (Å²) in [4.78, 5) is 18.1. The standard InChI is InChI=1S/C48H39N5O5S2/c1-48(2)37-18-11-10-17-33(37)34-26-36-35-23-31(32-24-42(59(3,54)55)45(43(25-32)60(56,57)58)47-49-21-12-22-50-47)19-20-40(35)53(41(36)27-38(34)48)44-28-39(29-13-6-4-7-14-29)51-46(52-44)30-15-8-5-9-16-30/h4-15,17-24,26-28,30,32H,16,25H2,1-3H3,(H,56,57,58). The van der Waals surface area contributed by atoms with Crippen LogP contribution >= 0.6 is 0 Å². The average Bonchev–Trinajstić information content (AvgIpc) is 3.69. The van der Waals surface area contributed by atoms with E-state index in [1.54, 1.807) is 12.1 Å². The van der Waals surface area contributed by atoms with Crippen molar-refractivity contribution in [2.75, 3.05) is 6.26 Å². The summed E-state index contributed by atoms with van der Waals surface area (Å²) in [5.41, 5.74) is 8.43. The number of nitrogens with zero attached hydrogens (tertiary/aromatic N) is 5. The minimum absolute atomic E-state index is 0.0202. The maximum absolute atomic E-state index is 13.4. The first-order valence-electron chi connectivity index (χ1n) is 19.7. The number of hydrogen-bond donors (Lipinski definition) is 1. The molecule has 3 heterocycles. The molecule has 3 aromatic heterocycles. The lowest BCUT2D eigenvalue weighted by atomic mass is 9.82. The Morgan fingerprint density at radius 3 is 2.23 bits per heavy atom. The molecule has 3 aliphatic carbocycles. The number of rotatable bonds is 7. The summed E-state index contributed by atoms with van der Waals surface area (Å²) < 4.78 is 65.9. The van der Waals surface area contributed by atoms with Crippen molar-refractivity contribution in [3.63, 3.8) is 0 Å². The molecule has 2 unspecified atom stereocenters. The number of allylic oxidation sites excluding steroid dienone is 7. The van der Waals surface area contributed by atoms with Gasteiger partial charge in [-0.25, -0.2) is 28.4 Å². The summed E-state index contributed by atoms with van der Waals surface area (Å²) in [6.07, 6.45) is 14.3. The maximum Gasteiger partial charge on any atom is 0.291 e. The fourth-order valence-electron chi connectivity index (χ4n) is 9.16. The second-order valence-corrected chi connectivity index (χ2v) is 19.6. The van der Waals surface area contributed by atoms with Gasteiger partial charge in [-0.05, 0) is 71.0 Å². The van der Waals surface area contributed by atoms with E-state index in [1.165, 1.54) is 23.5 Å². The molecule has 1 N–H and O–H groups in total. The van der Waals surface area contributed by atoms with Crippen molar-refractivity contribution in [2.24, 2.45) is 0 Å². The third-order valence-corrected chi connectivity index (χ3v) is 14.2. The van der Waals surface area contributed by atoms with Gasteiger partial charge in [0.2, 0.25) is 0 Å². The van der Waals surface area contributed by atoms with Gasteiger partial charge in [-0.3, -0.25) is 9.12 Å². The molecular formula is C48H39N5O5S2. The zero-order chi connectivity index (χ0) is 41.6. The van der Waals surface area contributed by atoms with E-state index in [9.17, 15) is 21.4 Å². The number of hydrogen-bond acceptors (Lipinski definition) is 8. The van der Waals surface area contributed by atoms with E-state index in [4.69, 9.17) is 9.97 Å². The highest BCUT2D eigenvalue weighted by Gasteiger charge is 2.38. The molecule has 0 saturated heterocycles. The van der Waals surface area contributed by atoms with Crippen molar-refractivity contribution < 1.29 is 21.4 Å². The Labute approximate surface area is 348 Å². The number of aromatic nitrogens is 5. The molecule has 10 rings (SSSR count). The molecule has 0 aliphatic heterocycles. The molecule has 0 radical (unpaired) electrons. The lowest BCUT2D eigenvalue weighted by molar-refractivity contribution is 0.488. The SMILES string of the molecule is CC1(C)c2ccccc2-c2cc3c4cc(C5C=C(S(C)(=O)=O)C(c6ncccn6)=C(S(=O)(=O)O)C5)ccc4n(-c4cc(-c5ccccc5)nc(C5C=CC=CC5)n4)c3cc21. The molecule has 10 nitrogen and oxygen atoms in total. The molecule has 0 spiro atoms. The van der Waals surface area contributed by atoms with Gasteiger partial charge in [0.25, 0.3) is 10.1 Å². The van der Waals surface area contributed by atoms with Gasteiger partial charge in [-0.2, -0.15) is 8.42 Å². The van der Waals surface area contributed by atoms with Gasteiger partial charge in [-0.15, -0.1) is 0 Å². The van der Waals surface area contributed by atoms with Crippen molar-refractivity contribution in [1.82, 2.24) is 24.5 Å². The zero-order valence-electron chi connectivity index (χ0n) is 33.0. The zero-order valence-corrected chi connectivity index (χ0v) is 34.6. The Bertz CT molecular complexity index is 3300. The highest BCUT2D eigenvalue weighted by molar-refractivity contribution is 7.95. The summed E-state index contributed by atoms with van der Waals surface area (Å²) in [5.74, 6) is 0.542. The van der Waals surface area contributed by atoms with E-state index in [-0.39, 0.29) is 34.1 Å². The number of fused-ring (bicyclic) bond motifs is 6. The molecule has 12 heteroatoms. The average molecular weight is 830 g/mol. The Hall–Kier alpha value is -6.34. The van der Waals surface area contributed by atoms with Crippen LogP contribution in [-0.4, -0.2) is 52.1 Å². The first-order chi connectivity index (χ1) is 28.8. The largest absolute Gasteiger partial charge is 0.294 e. The fourth-order valence-corrected chi connectivity index (χ4v) is 11.1. The highest BCUT2D eigenvalue weighted by Crippen LogP contribution is 2.51. The Morgan fingerprint density at radius 1 is 0.750 bits per heavy atom. The van der Waals surface area contributed by atoms with Crippen LogP contribution in [0.3, 0.4) is 0 Å². The molecule has 4 aromatic carbocycles. The van der Waals surface area contributed by atoms with Crippen LogP contribution < -0.4 is 0 Å². The highest BCUT2D eigenvalue weighted by atomic mass is 32.2. The first kappa shape index (κ1) is 37.9. The van der Waals surface area contributed by atoms with E-state index in [0.29, 0.717) is 17.2 Å². The van der Waals surface area contributed by atoms with Crippen molar-refractivity contribution in [1.29, 1.82) is 0 Å². The molecule has 3 aliphatic rings. The predicted octanol–water partition coefficient (Wildman–Crippen LogP) is 9.65. The van der Waals surface area contributed by atoms with Crippen LogP contribution in [0, 0.1) is 0 Å². The van der Waals surface area contributed by atoms with Crippen molar-refractivity contribution >= 4 is 47.3 Å². The van der Waals surface area contributed by atoms with Crippen LogP contribution in [0.15, 0.2) is 150 Å². The van der Waals surface area contributed by atoms with Crippen molar-refractivity contribution in [3.05, 3.63) is 178 Å². The molecular weight excluding hydrogens is 791 g/mol. The minimum atomic E-state index is -4.89. The van der Waals surface area contributed by atoms with E-state index < -0.39 is 30.8 Å². The fraction of sp³-hybridized carbons (Fsp3) is 0.167. The molecule has 2 atom stereocenters. The van der Waals surface area contributed by atoms with Crippen LogP contribution in [0.5, 0.6) is 0 Å². The molecule has 0 amide bonds. The monoisotopic (exact) mass is 829 g/mol. The Kier molecular flexibility index (Phi) is 8.76.